The Kier molecular flexibility index (Phi) is 3.10. The molecular formula is C10H11NOS. The second-order valence-corrected chi connectivity index (χ2v) is 4.94. The van der Waals surface area contributed by atoms with Gasteiger partial charge in [0, 0.05) is 11.2 Å². The summed E-state index contributed by atoms with van der Waals surface area (Å²) in [6, 6.07) is 9.14. The van der Waals surface area contributed by atoms with Crippen molar-refractivity contribution in [1.82, 2.24) is 0 Å². The van der Waals surface area contributed by atoms with Gasteiger partial charge in [0.05, 0.1) is 9.73 Å². The Morgan fingerprint density at radius 1 is 1.46 bits per heavy atom. The minimum atomic E-state index is -2.29. The van der Waals surface area contributed by atoms with Crippen LogP contribution in [0.4, 0.5) is 0 Å². The quantitative estimate of drug-likeness (QED) is 0.658. The number of benzene rings is 1. The molecule has 0 spiro atoms. The smallest absolute Gasteiger partial charge is 0.109 e. The van der Waals surface area contributed by atoms with E-state index in [1.807, 2.05) is 18.2 Å². The molecule has 1 aromatic rings. The summed E-state index contributed by atoms with van der Waals surface area (Å²) in [4.78, 5) is 0.727. The average Bonchev–Trinajstić information content (AvgIpc) is 2.16. The Morgan fingerprint density at radius 3 is 2.62 bits per heavy atom. The van der Waals surface area contributed by atoms with Crippen LogP contribution in [0.25, 0.3) is 0 Å². The molecule has 0 heterocycles. The Labute approximate surface area is 79.2 Å². The highest BCUT2D eigenvalue weighted by molar-refractivity contribution is 7.93. The van der Waals surface area contributed by atoms with Crippen LogP contribution >= 0.6 is 0 Å². The molecule has 1 unspecified atom stereocenters. The second-order valence-electron chi connectivity index (χ2n) is 2.61. The Morgan fingerprint density at radius 2 is 2.08 bits per heavy atom. The van der Waals surface area contributed by atoms with E-state index in [4.69, 9.17) is 6.42 Å². The molecule has 1 rings (SSSR count). The van der Waals surface area contributed by atoms with Crippen LogP contribution in [-0.4, -0.2) is 17.0 Å². The summed E-state index contributed by atoms with van der Waals surface area (Å²) >= 11 is 0. The van der Waals surface area contributed by atoms with Crippen molar-refractivity contribution in [3.63, 3.8) is 0 Å². The number of terminal acetylenes is 1. The van der Waals surface area contributed by atoms with Crippen molar-refractivity contribution in [2.24, 2.45) is 4.36 Å². The average molecular weight is 193 g/mol. The van der Waals surface area contributed by atoms with Gasteiger partial charge < -0.3 is 0 Å². The largest absolute Gasteiger partial charge is 0.245 e. The predicted molar refractivity (Wildman–Crippen MR) is 54.9 cm³/mol. The fourth-order valence-corrected chi connectivity index (χ4v) is 2.04. The summed E-state index contributed by atoms with van der Waals surface area (Å²) in [5.74, 6) is 2.35. The maximum Gasteiger partial charge on any atom is 0.109 e. The molecule has 0 N–H and O–H groups in total. The molecule has 0 radical (unpaired) electrons. The van der Waals surface area contributed by atoms with Crippen LogP contribution < -0.4 is 0 Å². The van der Waals surface area contributed by atoms with Crippen LogP contribution in [-0.2, 0) is 9.73 Å². The van der Waals surface area contributed by atoms with E-state index in [1.165, 1.54) is 0 Å². The van der Waals surface area contributed by atoms with Gasteiger partial charge in [0.15, 0.2) is 0 Å². The minimum absolute atomic E-state index is 0.199. The summed E-state index contributed by atoms with van der Waals surface area (Å²) in [5.41, 5.74) is 0. The van der Waals surface area contributed by atoms with E-state index in [0.717, 1.165) is 4.90 Å². The van der Waals surface area contributed by atoms with Crippen LogP contribution in [0.2, 0.25) is 0 Å². The molecule has 0 fully saturated rings. The zero-order valence-corrected chi connectivity index (χ0v) is 8.25. The Balaban J connectivity index is 3.10. The molecular weight excluding hydrogens is 182 g/mol. The Hall–Kier alpha value is -1.27. The number of hydrogen-bond acceptors (Lipinski definition) is 2. The summed E-state index contributed by atoms with van der Waals surface area (Å²) in [7, 11) is -2.29. The van der Waals surface area contributed by atoms with Crippen molar-refractivity contribution in [2.45, 2.75) is 4.90 Å². The lowest BCUT2D eigenvalue weighted by Crippen LogP contribution is -1.97. The van der Waals surface area contributed by atoms with E-state index in [9.17, 15) is 4.21 Å². The molecule has 0 aliphatic heterocycles. The van der Waals surface area contributed by atoms with Gasteiger partial charge in [-0.05, 0) is 12.1 Å². The normalized spacial score (nSPS) is 14.2. The number of nitrogens with zero attached hydrogens (tertiary/aromatic N) is 1. The number of hydrogen-bond donors (Lipinski definition) is 0. The first-order valence-corrected chi connectivity index (χ1v) is 5.75. The van der Waals surface area contributed by atoms with Crippen LogP contribution in [0.15, 0.2) is 39.6 Å². The van der Waals surface area contributed by atoms with E-state index in [-0.39, 0.29) is 6.54 Å². The third-order valence-electron chi connectivity index (χ3n) is 1.58. The zero-order valence-electron chi connectivity index (χ0n) is 7.43. The molecule has 68 valence electrons. The first-order valence-electron chi connectivity index (χ1n) is 3.83. The van der Waals surface area contributed by atoms with Gasteiger partial charge in [-0.15, -0.1) is 6.42 Å². The van der Waals surface area contributed by atoms with Crippen LogP contribution in [0, 0.1) is 12.3 Å². The van der Waals surface area contributed by atoms with Crippen molar-refractivity contribution in [3.05, 3.63) is 30.3 Å². The van der Waals surface area contributed by atoms with Crippen LogP contribution in [0.5, 0.6) is 0 Å². The van der Waals surface area contributed by atoms with E-state index < -0.39 is 9.73 Å². The Bertz CT molecular complexity index is 422. The topological polar surface area (TPSA) is 29.4 Å². The van der Waals surface area contributed by atoms with Gasteiger partial charge in [0.25, 0.3) is 0 Å². The van der Waals surface area contributed by atoms with E-state index >= 15 is 0 Å². The predicted octanol–water partition coefficient (Wildman–Crippen LogP) is 1.78. The highest BCUT2D eigenvalue weighted by atomic mass is 32.2. The van der Waals surface area contributed by atoms with Gasteiger partial charge in [-0.3, -0.25) is 0 Å². The molecule has 0 aliphatic carbocycles. The van der Waals surface area contributed by atoms with Crippen molar-refractivity contribution in [3.8, 4) is 12.3 Å². The highest BCUT2D eigenvalue weighted by Gasteiger charge is 2.02. The summed E-state index contributed by atoms with van der Waals surface area (Å²) in [6.07, 6.45) is 6.64. The molecule has 0 saturated heterocycles. The molecule has 2 nitrogen and oxygen atoms in total. The third-order valence-corrected chi connectivity index (χ3v) is 3.35. The molecule has 0 saturated carbocycles. The minimum Gasteiger partial charge on any atom is -0.245 e. The number of rotatable bonds is 2. The van der Waals surface area contributed by atoms with Crippen molar-refractivity contribution < 1.29 is 4.21 Å². The molecule has 0 bridgehead atoms. The van der Waals surface area contributed by atoms with Crippen LogP contribution in [0.1, 0.15) is 0 Å². The summed E-state index contributed by atoms with van der Waals surface area (Å²) in [5, 5.41) is 0. The molecule has 1 atom stereocenters. The van der Waals surface area contributed by atoms with Crippen molar-refractivity contribution in [2.75, 3.05) is 12.8 Å². The fourth-order valence-electron chi connectivity index (χ4n) is 0.908. The van der Waals surface area contributed by atoms with Crippen molar-refractivity contribution in [1.29, 1.82) is 0 Å². The van der Waals surface area contributed by atoms with Crippen molar-refractivity contribution >= 4 is 9.73 Å². The highest BCUT2D eigenvalue weighted by Crippen LogP contribution is 2.09. The summed E-state index contributed by atoms with van der Waals surface area (Å²) in [6.45, 7) is 0.199. The standard InChI is InChI=1S/C10H11NOS/c1-3-9-11-13(2,12)10-7-5-4-6-8-10/h1,4-8H,9H2,2H3. The monoisotopic (exact) mass is 193 g/mol. The second kappa shape index (κ2) is 4.11. The maximum atomic E-state index is 11.9. The van der Waals surface area contributed by atoms with Crippen LogP contribution in [0.3, 0.4) is 0 Å². The van der Waals surface area contributed by atoms with Gasteiger partial charge in [-0.2, -0.15) is 0 Å². The molecule has 0 aromatic heterocycles. The van der Waals surface area contributed by atoms with E-state index in [0.29, 0.717) is 0 Å². The van der Waals surface area contributed by atoms with Gasteiger partial charge in [-0.25, -0.2) is 8.57 Å². The molecule has 13 heavy (non-hydrogen) atoms. The molecule has 0 amide bonds. The SMILES string of the molecule is C#CCN=S(C)(=O)c1ccccc1. The molecule has 0 aliphatic rings. The molecule has 1 aromatic carbocycles. The van der Waals surface area contributed by atoms with Gasteiger partial charge in [0.2, 0.25) is 0 Å². The zero-order chi connectivity index (χ0) is 9.73. The van der Waals surface area contributed by atoms with Gasteiger partial charge >= 0.3 is 0 Å². The van der Waals surface area contributed by atoms with E-state index in [2.05, 4.69) is 10.3 Å². The first kappa shape index (κ1) is 9.82. The first-order chi connectivity index (χ1) is 6.17. The lowest BCUT2D eigenvalue weighted by molar-refractivity contribution is 0.679. The lowest BCUT2D eigenvalue weighted by atomic mass is 10.4. The van der Waals surface area contributed by atoms with E-state index in [1.54, 1.807) is 18.4 Å². The van der Waals surface area contributed by atoms with Gasteiger partial charge in [-0.1, -0.05) is 24.1 Å². The summed E-state index contributed by atoms with van der Waals surface area (Å²) < 4.78 is 15.8. The van der Waals surface area contributed by atoms with Gasteiger partial charge in [0.1, 0.15) is 6.54 Å². The third kappa shape index (κ3) is 2.60. The lowest BCUT2D eigenvalue weighted by Gasteiger charge is -2.01. The fraction of sp³-hybridized carbons (Fsp3) is 0.200. The molecule has 3 heteroatoms. The maximum absolute atomic E-state index is 11.9.